The van der Waals surface area contributed by atoms with Gasteiger partial charge in [0.25, 0.3) is 0 Å². The molecule has 0 unspecified atom stereocenters. The molecule has 1 heterocycles. The highest BCUT2D eigenvalue weighted by Crippen LogP contribution is 2.13. The fourth-order valence-corrected chi connectivity index (χ4v) is 2.42. The van der Waals surface area contributed by atoms with Gasteiger partial charge in [-0.15, -0.1) is 0 Å². The molecule has 5 heteroatoms. The van der Waals surface area contributed by atoms with Crippen molar-refractivity contribution in [3.05, 3.63) is 87.3 Å². The third-order valence-electron chi connectivity index (χ3n) is 3.73. The number of H-pyrrole nitrogens is 1. The largest absolute Gasteiger partial charge is 0.343 e. The molecular formula is C17H16FN3O. The Bertz CT molecular complexity index is 851. The summed E-state index contributed by atoms with van der Waals surface area (Å²) in [6, 6.07) is 14.4. The van der Waals surface area contributed by atoms with E-state index in [1.807, 2.05) is 31.2 Å². The lowest BCUT2D eigenvalue weighted by Gasteiger charge is -2.09. The monoisotopic (exact) mass is 297 g/mol. The minimum Gasteiger partial charge on any atom is -0.274 e. The van der Waals surface area contributed by atoms with Gasteiger partial charge < -0.3 is 0 Å². The highest BCUT2D eigenvalue weighted by Gasteiger charge is 2.12. The van der Waals surface area contributed by atoms with Crippen molar-refractivity contribution in [3.8, 4) is 0 Å². The van der Waals surface area contributed by atoms with Gasteiger partial charge in [0.15, 0.2) is 0 Å². The summed E-state index contributed by atoms with van der Waals surface area (Å²) in [7, 11) is 0. The minimum atomic E-state index is -0.291. The van der Waals surface area contributed by atoms with E-state index in [4.69, 9.17) is 0 Å². The Balaban J connectivity index is 1.93. The molecule has 3 rings (SSSR count). The van der Waals surface area contributed by atoms with Gasteiger partial charge in [0.1, 0.15) is 11.6 Å². The van der Waals surface area contributed by atoms with E-state index in [0.29, 0.717) is 17.9 Å². The summed E-state index contributed by atoms with van der Waals surface area (Å²) in [5.41, 5.74) is 2.38. The summed E-state index contributed by atoms with van der Waals surface area (Å²) in [5.74, 6) is 0.235. The Morgan fingerprint density at radius 3 is 2.50 bits per heavy atom. The first-order valence-electron chi connectivity index (χ1n) is 7.07. The van der Waals surface area contributed by atoms with E-state index in [1.165, 1.54) is 6.07 Å². The Morgan fingerprint density at radius 2 is 1.77 bits per heavy atom. The molecule has 1 N–H and O–H groups in total. The third kappa shape index (κ3) is 2.83. The van der Waals surface area contributed by atoms with Crippen LogP contribution >= 0.6 is 0 Å². The second-order valence-corrected chi connectivity index (χ2v) is 5.23. The SMILES string of the molecule is Cc1ccccc1Cn1c(Cc2ccccc2F)n[nH]c1=O. The number of benzene rings is 2. The lowest BCUT2D eigenvalue weighted by atomic mass is 10.1. The van der Waals surface area contributed by atoms with E-state index in [0.717, 1.165) is 11.1 Å². The van der Waals surface area contributed by atoms with E-state index in [-0.39, 0.29) is 17.9 Å². The molecule has 0 aliphatic rings. The number of rotatable bonds is 4. The Labute approximate surface area is 127 Å². The van der Waals surface area contributed by atoms with Crippen LogP contribution in [0.2, 0.25) is 0 Å². The van der Waals surface area contributed by atoms with Crippen LogP contribution in [0.25, 0.3) is 0 Å². The molecule has 2 aromatic carbocycles. The van der Waals surface area contributed by atoms with Gasteiger partial charge in [-0.05, 0) is 29.7 Å². The average Bonchev–Trinajstić information content (AvgIpc) is 2.85. The van der Waals surface area contributed by atoms with Gasteiger partial charge in [0, 0.05) is 6.42 Å². The predicted octanol–water partition coefficient (Wildman–Crippen LogP) is 2.66. The number of halogens is 1. The number of nitrogens with one attached hydrogen (secondary N) is 1. The molecular weight excluding hydrogens is 281 g/mol. The maximum Gasteiger partial charge on any atom is 0.343 e. The van der Waals surface area contributed by atoms with Crippen LogP contribution in [-0.4, -0.2) is 14.8 Å². The zero-order chi connectivity index (χ0) is 15.5. The van der Waals surface area contributed by atoms with Crippen molar-refractivity contribution >= 4 is 0 Å². The van der Waals surface area contributed by atoms with Gasteiger partial charge in [-0.3, -0.25) is 4.57 Å². The normalized spacial score (nSPS) is 10.8. The molecule has 0 saturated heterocycles. The summed E-state index contributed by atoms with van der Waals surface area (Å²) < 4.78 is 15.3. The van der Waals surface area contributed by atoms with E-state index in [9.17, 15) is 9.18 Å². The number of hydrogen-bond donors (Lipinski definition) is 1. The van der Waals surface area contributed by atoms with Gasteiger partial charge in [-0.2, -0.15) is 5.10 Å². The first-order chi connectivity index (χ1) is 10.6. The van der Waals surface area contributed by atoms with Crippen LogP contribution in [0.15, 0.2) is 53.3 Å². The molecule has 0 atom stereocenters. The molecule has 112 valence electrons. The summed E-state index contributed by atoms with van der Waals surface area (Å²) in [6.07, 6.45) is 0.275. The summed E-state index contributed by atoms with van der Waals surface area (Å²) in [4.78, 5) is 12.0. The van der Waals surface area contributed by atoms with Gasteiger partial charge in [0.2, 0.25) is 0 Å². The molecule has 0 aliphatic carbocycles. The van der Waals surface area contributed by atoms with Crippen molar-refractivity contribution in [1.29, 1.82) is 0 Å². The van der Waals surface area contributed by atoms with Crippen molar-refractivity contribution in [1.82, 2.24) is 14.8 Å². The highest BCUT2D eigenvalue weighted by molar-refractivity contribution is 5.26. The summed E-state index contributed by atoms with van der Waals surface area (Å²) >= 11 is 0. The zero-order valence-corrected chi connectivity index (χ0v) is 12.2. The second kappa shape index (κ2) is 5.97. The molecule has 0 radical (unpaired) electrons. The topological polar surface area (TPSA) is 50.7 Å². The first-order valence-corrected chi connectivity index (χ1v) is 7.07. The molecule has 0 amide bonds. The van der Waals surface area contributed by atoms with Crippen molar-refractivity contribution in [2.24, 2.45) is 0 Å². The predicted molar refractivity (Wildman–Crippen MR) is 82.3 cm³/mol. The van der Waals surface area contributed by atoms with E-state index in [1.54, 1.807) is 22.8 Å². The molecule has 0 aliphatic heterocycles. The lowest BCUT2D eigenvalue weighted by molar-refractivity contribution is 0.608. The van der Waals surface area contributed by atoms with Gasteiger partial charge in [-0.25, -0.2) is 14.3 Å². The van der Waals surface area contributed by atoms with Crippen LogP contribution in [0.3, 0.4) is 0 Å². The maximum atomic E-state index is 13.8. The van der Waals surface area contributed by atoms with Crippen LogP contribution < -0.4 is 5.69 Å². The summed E-state index contributed by atoms with van der Waals surface area (Å²) in [6.45, 7) is 2.42. The number of nitrogens with zero attached hydrogens (tertiary/aromatic N) is 2. The molecule has 0 bridgehead atoms. The number of aryl methyl sites for hydroxylation is 1. The molecule has 1 aromatic heterocycles. The van der Waals surface area contributed by atoms with Crippen LogP contribution in [0.1, 0.15) is 22.5 Å². The first kappa shape index (κ1) is 14.3. The number of hydrogen-bond acceptors (Lipinski definition) is 2. The van der Waals surface area contributed by atoms with Crippen LogP contribution in [-0.2, 0) is 13.0 Å². The Hall–Kier alpha value is -2.69. The Kier molecular flexibility index (Phi) is 3.87. The van der Waals surface area contributed by atoms with Crippen LogP contribution in [0.4, 0.5) is 4.39 Å². The van der Waals surface area contributed by atoms with E-state index >= 15 is 0 Å². The van der Waals surface area contributed by atoms with Crippen molar-refractivity contribution in [2.45, 2.75) is 19.9 Å². The maximum absolute atomic E-state index is 13.8. The van der Waals surface area contributed by atoms with E-state index in [2.05, 4.69) is 10.2 Å². The van der Waals surface area contributed by atoms with E-state index < -0.39 is 0 Å². The zero-order valence-electron chi connectivity index (χ0n) is 12.2. The molecule has 4 nitrogen and oxygen atoms in total. The molecule has 3 aromatic rings. The fraction of sp³-hybridized carbons (Fsp3) is 0.176. The van der Waals surface area contributed by atoms with Gasteiger partial charge in [0.05, 0.1) is 6.54 Å². The Morgan fingerprint density at radius 1 is 1.09 bits per heavy atom. The smallest absolute Gasteiger partial charge is 0.274 e. The molecule has 22 heavy (non-hydrogen) atoms. The summed E-state index contributed by atoms with van der Waals surface area (Å²) in [5, 5.41) is 6.49. The quantitative estimate of drug-likeness (QED) is 0.805. The standard InChI is InChI=1S/C17H16FN3O/c1-12-6-2-3-8-14(12)11-21-16(19-20-17(21)22)10-13-7-4-5-9-15(13)18/h2-9H,10-11H2,1H3,(H,20,22). The average molecular weight is 297 g/mol. The lowest BCUT2D eigenvalue weighted by Crippen LogP contribution is -2.20. The molecule has 0 spiro atoms. The van der Waals surface area contributed by atoms with Crippen molar-refractivity contribution in [2.75, 3.05) is 0 Å². The van der Waals surface area contributed by atoms with Crippen molar-refractivity contribution < 1.29 is 4.39 Å². The third-order valence-corrected chi connectivity index (χ3v) is 3.73. The molecule has 0 fully saturated rings. The highest BCUT2D eigenvalue weighted by atomic mass is 19.1. The van der Waals surface area contributed by atoms with Gasteiger partial charge in [-0.1, -0.05) is 42.5 Å². The minimum absolute atomic E-state index is 0.275. The van der Waals surface area contributed by atoms with Crippen molar-refractivity contribution in [3.63, 3.8) is 0 Å². The van der Waals surface area contributed by atoms with Crippen LogP contribution in [0, 0.1) is 12.7 Å². The second-order valence-electron chi connectivity index (χ2n) is 5.23. The number of aromatic amines is 1. The molecule has 0 saturated carbocycles. The van der Waals surface area contributed by atoms with Gasteiger partial charge >= 0.3 is 5.69 Å². The number of aromatic nitrogens is 3. The van der Waals surface area contributed by atoms with Crippen LogP contribution in [0.5, 0.6) is 0 Å². The fourth-order valence-electron chi connectivity index (χ4n) is 2.42.